The monoisotopic (exact) mass is 196 g/mol. The van der Waals surface area contributed by atoms with Crippen molar-refractivity contribution >= 4 is 6.72 Å². The van der Waals surface area contributed by atoms with Crippen LogP contribution in [0.15, 0.2) is 4.99 Å². The van der Waals surface area contributed by atoms with Crippen LogP contribution in [0.25, 0.3) is 0 Å². The molecule has 0 N–H and O–H groups in total. The Kier molecular flexibility index (Phi) is 1.45. The van der Waals surface area contributed by atoms with Crippen molar-refractivity contribution < 1.29 is 21.2 Å². The van der Waals surface area contributed by atoms with Gasteiger partial charge in [0.1, 0.15) is 0 Å². The third kappa shape index (κ3) is 0.721. The van der Waals surface area contributed by atoms with Gasteiger partial charge in [-0.2, -0.15) is 0 Å². The van der Waals surface area contributed by atoms with Gasteiger partial charge in [-0.1, -0.05) is 0 Å². The van der Waals surface area contributed by atoms with Crippen LogP contribution in [0.5, 0.6) is 0 Å². The average molecular weight is 196 g/mol. The molecule has 36 valence electrons. The Morgan fingerprint density at radius 1 is 1.67 bits per heavy atom. The number of nitrogens with zero attached hydrogens (tertiary/aromatic N) is 1. The Morgan fingerprint density at radius 2 is 2.33 bits per heavy atom. The Bertz CT molecular complexity index is 58.6. The Labute approximate surface area is 48.1 Å². The number of halogens is 1. The molecule has 0 saturated carbocycles. The number of hydrogen-bond donors (Lipinski definition) is 0. The van der Waals surface area contributed by atoms with E-state index < -0.39 is 0 Å². The van der Waals surface area contributed by atoms with Crippen molar-refractivity contribution in [3.05, 3.63) is 0 Å². The van der Waals surface area contributed by atoms with Crippen LogP contribution in [0.3, 0.4) is 0 Å². The molecule has 1 saturated heterocycles. The summed E-state index contributed by atoms with van der Waals surface area (Å²) in [5.41, 5.74) is 0. The van der Waals surface area contributed by atoms with E-state index in [2.05, 4.69) is 11.7 Å². The first kappa shape index (κ1) is 4.56. The summed E-state index contributed by atoms with van der Waals surface area (Å²) < 4.78 is 2.78. The minimum atomic E-state index is 0.611. The second kappa shape index (κ2) is 1.91. The Morgan fingerprint density at radius 3 is 2.33 bits per heavy atom. The first-order valence-corrected chi connectivity index (χ1v) is 4.98. The molecule has 1 rings (SSSR count). The third-order valence-electron chi connectivity index (χ3n) is 0.833. The maximum absolute atomic E-state index is 3.87. The quantitative estimate of drug-likeness (QED) is 0.243. The number of hydrogen-bond acceptors (Lipinski definition) is 1. The van der Waals surface area contributed by atoms with E-state index in [-0.39, 0.29) is 0 Å². The summed E-state index contributed by atoms with van der Waals surface area (Å²) in [6.45, 7) is 3.45. The summed E-state index contributed by atoms with van der Waals surface area (Å²) in [7, 11) is 0. The van der Waals surface area contributed by atoms with Gasteiger partial charge < -0.3 is 0 Å². The molecule has 0 aliphatic carbocycles. The summed E-state index contributed by atoms with van der Waals surface area (Å²) in [6.07, 6.45) is 0. The van der Waals surface area contributed by atoms with Crippen LogP contribution in [0.2, 0.25) is 0 Å². The van der Waals surface area contributed by atoms with E-state index in [9.17, 15) is 0 Å². The molecule has 0 unspecified atom stereocenters. The van der Waals surface area contributed by atoms with E-state index in [0.29, 0.717) is 27.2 Å². The summed E-state index contributed by atoms with van der Waals surface area (Å²) in [5.74, 6) is 0. The first-order valence-electron chi connectivity index (χ1n) is 1.93. The van der Waals surface area contributed by atoms with Crippen LogP contribution >= 0.6 is 0 Å². The molecule has 0 aromatic carbocycles. The fraction of sp³-hybridized carbons (Fsp3) is 0.750. The molecule has 0 aromatic rings. The maximum atomic E-state index is 3.87. The van der Waals surface area contributed by atoms with Gasteiger partial charge in [-0.3, -0.25) is 0 Å². The second-order valence-corrected chi connectivity index (χ2v) is 4.17. The van der Waals surface area contributed by atoms with E-state index in [1.165, 1.54) is 8.86 Å². The summed E-state index contributed by atoms with van der Waals surface area (Å²) >= 11 is 0.611. The number of aliphatic imine (C=N–C) groups is 1. The Hall–Kier alpha value is 0.400. The molecule has 6 heavy (non-hydrogen) atoms. The van der Waals surface area contributed by atoms with Crippen molar-refractivity contribution in [1.29, 1.82) is 0 Å². The molecule has 1 aliphatic rings. The standard InChI is InChI=1S/C4H7IN/c1-6-4-2-5-3-4/h4H,1-3H2/q-1. The summed E-state index contributed by atoms with van der Waals surface area (Å²) in [5, 5.41) is 0. The zero-order valence-corrected chi connectivity index (χ0v) is 5.68. The average Bonchev–Trinajstić information content (AvgIpc) is 1.31. The molecule has 1 heterocycles. The van der Waals surface area contributed by atoms with Crippen molar-refractivity contribution in [3.63, 3.8) is 0 Å². The zero-order chi connectivity index (χ0) is 4.41. The number of alkyl halides is 2. The normalized spacial score (nSPS) is 24.0. The van der Waals surface area contributed by atoms with E-state index in [0.717, 1.165) is 0 Å². The van der Waals surface area contributed by atoms with Gasteiger partial charge in [-0.25, -0.2) is 0 Å². The fourth-order valence-electron chi connectivity index (χ4n) is 0.304. The molecule has 0 atom stereocenters. The third-order valence-corrected chi connectivity index (χ3v) is 4.11. The molecular formula is C4H7IN-. The van der Waals surface area contributed by atoms with Crippen LogP contribution in [0, 0.1) is 0 Å². The Balaban J connectivity index is 2.16. The van der Waals surface area contributed by atoms with Crippen LogP contribution in [0.4, 0.5) is 0 Å². The molecule has 1 nitrogen and oxygen atoms in total. The predicted octanol–water partition coefficient (Wildman–Crippen LogP) is -2.84. The molecule has 0 amide bonds. The number of rotatable bonds is 1. The van der Waals surface area contributed by atoms with Crippen LogP contribution in [-0.2, 0) is 0 Å². The van der Waals surface area contributed by atoms with Crippen LogP contribution in [0.1, 0.15) is 0 Å². The van der Waals surface area contributed by atoms with Crippen LogP contribution < -0.4 is 21.2 Å². The van der Waals surface area contributed by atoms with Crippen molar-refractivity contribution in [2.24, 2.45) is 4.99 Å². The van der Waals surface area contributed by atoms with Gasteiger partial charge in [-0.15, -0.1) is 0 Å². The topological polar surface area (TPSA) is 12.4 Å². The van der Waals surface area contributed by atoms with Gasteiger partial charge in [0.15, 0.2) is 0 Å². The van der Waals surface area contributed by atoms with Gasteiger partial charge in [0.2, 0.25) is 0 Å². The SMILES string of the molecule is C=NC1C[I-]C1. The van der Waals surface area contributed by atoms with Crippen molar-refractivity contribution in [2.75, 3.05) is 8.86 Å². The molecule has 1 fully saturated rings. The zero-order valence-electron chi connectivity index (χ0n) is 3.52. The molecule has 0 bridgehead atoms. The van der Waals surface area contributed by atoms with Crippen molar-refractivity contribution in [2.45, 2.75) is 6.04 Å². The molecule has 0 radical (unpaired) electrons. The van der Waals surface area contributed by atoms with E-state index in [1.807, 2.05) is 0 Å². The molecule has 1 aliphatic heterocycles. The van der Waals surface area contributed by atoms with Crippen LogP contribution in [-0.4, -0.2) is 21.6 Å². The molecule has 2 heteroatoms. The summed E-state index contributed by atoms with van der Waals surface area (Å²) in [6, 6.07) is 0.679. The molecular weight excluding hydrogens is 189 g/mol. The van der Waals surface area contributed by atoms with E-state index in [4.69, 9.17) is 0 Å². The van der Waals surface area contributed by atoms with Gasteiger partial charge in [0.05, 0.1) is 0 Å². The fourth-order valence-corrected chi connectivity index (χ4v) is 2.04. The predicted molar refractivity (Wildman–Crippen MR) is 23.1 cm³/mol. The minimum absolute atomic E-state index is 0.611. The van der Waals surface area contributed by atoms with Gasteiger partial charge >= 0.3 is 47.8 Å². The van der Waals surface area contributed by atoms with Gasteiger partial charge in [0.25, 0.3) is 0 Å². The van der Waals surface area contributed by atoms with Gasteiger partial charge in [-0.05, 0) is 0 Å². The summed E-state index contributed by atoms with van der Waals surface area (Å²) in [4.78, 5) is 3.87. The second-order valence-electron chi connectivity index (χ2n) is 1.33. The van der Waals surface area contributed by atoms with E-state index >= 15 is 0 Å². The van der Waals surface area contributed by atoms with Crippen molar-refractivity contribution in [3.8, 4) is 0 Å². The first-order chi connectivity index (χ1) is 2.93. The molecule has 0 aromatic heterocycles. The van der Waals surface area contributed by atoms with Crippen molar-refractivity contribution in [1.82, 2.24) is 0 Å². The molecule has 0 spiro atoms. The van der Waals surface area contributed by atoms with Gasteiger partial charge in [0, 0.05) is 0 Å². The van der Waals surface area contributed by atoms with E-state index in [1.54, 1.807) is 0 Å².